The molecule has 0 bridgehead atoms. The van der Waals surface area contributed by atoms with E-state index in [0.29, 0.717) is 6.54 Å². The molecular formula is C16H23ClN2O. The van der Waals surface area contributed by atoms with Crippen molar-refractivity contribution >= 4 is 18.3 Å². The molecule has 1 spiro atoms. The maximum atomic E-state index is 12.3. The number of rotatable bonds is 3. The van der Waals surface area contributed by atoms with Crippen molar-refractivity contribution in [1.82, 2.24) is 5.32 Å². The molecule has 0 saturated heterocycles. The number of carbonyl (C=O) groups excluding carboxylic acids is 1. The Morgan fingerprint density at radius 3 is 3.00 bits per heavy atom. The van der Waals surface area contributed by atoms with Gasteiger partial charge < -0.3 is 11.1 Å². The summed E-state index contributed by atoms with van der Waals surface area (Å²) in [7, 11) is 0. The van der Waals surface area contributed by atoms with Crippen molar-refractivity contribution in [2.75, 3.05) is 6.54 Å². The predicted octanol–water partition coefficient (Wildman–Crippen LogP) is 2.17. The van der Waals surface area contributed by atoms with Crippen molar-refractivity contribution in [3.8, 4) is 0 Å². The smallest absolute Gasteiger partial charge is 0.224 e. The minimum absolute atomic E-state index is 0. The van der Waals surface area contributed by atoms with Gasteiger partial charge in [0.25, 0.3) is 0 Å². The van der Waals surface area contributed by atoms with Crippen LogP contribution >= 0.6 is 12.4 Å². The number of nitrogens with two attached hydrogens (primary N) is 1. The van der Waals surface area contributed by atoms with Gasteiger partial charge in [0.1, 0.15) is 0 Å². The molecule has 3 atom stereocenters. The van der Waals surface area contributed by atoms with E-state index in [0.717, 1.165) is 19.3 Å². The van der Waals surface area contributed by atoms with Gasteiger partial charge in [0.15, 0.2) is 0 Å². The van der Waals surface area contributed by atoms with Crippen LogP contribution in [0.2, 0.25) is 0 Å². The lowest BCUT2D eigenvalue weighted by atomic mass is 9.78. The van der Waals surface area contributed by atoms with Crippen LogP contribution in [0.3, 0.4) is 0 Å². The molecule has 0 radical (unpaired) electrons. The number of amides is 1. The zero-order valence-corrected chi connectivity index (χ0v) is 12.7. The van der Waals surface area contributed by atoms with Crippen LogP contribution in [0.4, 0.5) is 0 Å². The third-order valence-electron chi connectivity index (χ3n) is 4.76. The Morgan fingerprint density at radius 1 is 1.50 bits per heavy atom. The molecule has 2 aliphatic carbocycles. The number of hydrogen-bond donors (Lipinski definition) is 2. The summed E-state index contributed by atoms with van der Waals surface area (Å²) in [6.07, 6.45) is 4.52. The van der Waals surface area contributed by atoms with Gasteiger partial charge in [-0.1, -0.05) is 24.3 Å². The van der Waals surface area contributed by atoms with E-state index in [1.807, 2.05) is 6.92 Å². The summed E-state index contributed by atoms with van der Waals surface area (Å²) in [6, 6.07) is 8.71. The average Bonchev–Trinajstić information content (AvgIpc) is 3.14. The lowest BCUT2D eigenvalue weighted by Gasteiger charge is -2.26. The van der Waals surface area contributed by atoms with Crippen LogP contribution in [0.5, 0.6) is 0 Å². The molecule has 1 saturated carbocycles. The van der Waals surface area contributed by atoms with E-state index in [-0.39, 0.29) is 35.7 Å². The molecule has 20 heavy (non-hydrogen) atoms. The van der Waals surface area contributed by atoms with Crippen LogP contribution in [-0.4, -0.2) is 18.5 Å². The maximum absolute atomic E-state index is 12.3. The van der Waals surface area contributed by atoms with E-state index >= 15 is 0 Å². The Kier molecular flexibility index (Phi) is 4.40. The molecule has 4 heteroatoms. The molecule has 3 nitrogen and oxygen atoms in total. The highest BCUT2D eigenvalue weighted by atomic mass is 35.5. The zero-order valence-electron chi connectivity index (χ0n) is 11.9. The fourth-order valence-electron chi connectivity index (χ4n) is 3.58. The zero-order chi connectivity index (χ0) is 13.5. The third-order valence-corrected chi connectivity index (χ3v) is 4.76. The van der Waals surface area contributed by atoms with E-state index in [2.05, 4.69) is 29.6 Å². The Labute approximate surface area is 126 Å². The molecule has 1 amide bonds. The van der Waals surface area contributed by atoms with Gasteiger partial charge in [0.05, 0.1) is 0 Å². The second kappa shape index (κ2) is 5.74. The van der Waals surface area contributed by atoms with Gasteiger partial charge in [0.2, 0.25) is 5.91 Å². The number of halogens is 1. The van der Waals surface area contributed by atoms with Crippen molar-refractivity contribution in [3.05, 3.63) is 35.4 Å². The second-order valence-corrected chi connectivity index (χ2v) is 6.07. The van der Waals surface area contributed by atoms with Crippen LogP contribution in [-0.2, 0) is 16.6 Å². The Morgan fingerprint density at radius 2 is 2.25 bits per heavy atom. The van der Waals surface area contributed by atoms with E-state index in [1.165, 1.54) is 17.5 Å². The van der Waals surface area contributed by atoms with Gasteiger partial charge in [-0.25, -0.2) is 0 Å². The molecule has 0 aromatic heterocycles. The van der Waals surface area contributed by atoms with Gasteiger partial charge in [-0.3, -0.25) is 4.79 Å². The first-order valence-corrected chi connectivity index (χ1v) is 7.26. The summed E-state index contributed by atoms with van der Waals surface area (Å²) < 4.78 is 0. The summed E-state index contributed by atoms with van der Waals surface area (Å²) >= 11 is 0. The van der Waals surface area contributed by atoms with E-state index in [1.54, 1.807) is 0 Å². The Hall–Kier alpha value is -1.06. The van der Waals surface area contributed by atoms with Crippen LogP contribution < -0.4 is 11.1 Å². The summed E-state index contributed by atoms with van der Waals surface area (Å²) in [4.78, 5) is 12.3. The molecule has 0 heterocycles. The third kappa shape index (κ3) is 2.45. The van der Waals surface area contributed by atoms with Gasteiger partial charge >= 0.3 is 0 Å². The molecule has 1 aromatic rings. The lowest BCUT2D eigenvalue weighted by Crippen LogP contribution is -2.40. The average molecular weight is 295 g/mol. The number of benzene rings is 1. The van der Waals surface area contributed by atoms with Gasteiger partial charge in [-0.15, -0.1) is 12.4 Å². The van der Waals surface area contributed by atoms with E-state index in [4.69, 9.17) is 5.73 Å². The van der Waals surface area contributed by atoms with Crippen molar-refractivity contribution < 1.29 is 4.79 Å². The number of carbonyl (C=O) groups is 1. The van der Waals surface area contributed by atoms with Crippen LogP contribution in [0, 0.1) is 5.92 Å². The van der Waals surface area contributed by atoms with Crippen molar-refractivity contribution in [2.24, 2.45) is 11.7 Å². The van der Waals surface area contributed by atoms with Gasteiger partial charge in [-0.05, 0) is 43.7 Å². The molecule has 3 N–H and O–H groups in total. The standard InChI is InChI=1S/C16H22N2O.ClH/c1-11(10-17)18-15(19)14-9-16(14)8-4-6-12-5-2-3-7-13(12)16;/h2-3,5,7,11,14H,4,6,8-10,17H2,1H3,(H,18,19);1H/t11-,14?,16?;/m0./s1. The largest absolute Gasteiger partial charge is 0.352 e. The minimum Gasteiger partial charge on any atom is -0.352 e. The number of hydrogen-bond acceptors (Lipinski definition) is 2. The summed E-state index contributed by atoms with van der Waals surface area (Å²) in [5.41, 5.74) is 8.56. The fraction of sp³-hybridized carbons (Fsp3) is 0.562. The van der Waals surface area contributed by atoms with E-state index in [9.17, 15) is 4.79 Å². The molecule has 2 unspecified atom stereocenters. The highest BCUT2D eigenvalue weighted by molar-refractivity contribution is 5.85. The van der Waals surface area contributed by atoms with Crippen molar-refractivity contribution in [3.63, 3.8) is 0 Å². The maximum Gasteiger partial charge on any atom is 0.224 e. The van der Waals surface area contributed by atoms with Crippen molar-refractivity contribution in [2.45, 2.75) is 44.1 Å². The highest BCUT2D eigenvalue weighted by Crippen LogP contribution is 2.60. The first-order valence-electron chi connectivity index (χ1n) is 7.26. The predicted molar refractivity (Wildman–Crippen MR) is 83.1 cm³/mol. The summed E-state index contributed by atoms with van der Waals surface area (Å²) in [5.74, 6) is 0.345. The number of aryl methyl sites for hydroxylation is 1. The molecule has 2 aliphatic rings. The first kappa shape index (κ1) is 15.3. The van der Waals surface area contributed by atoms with Crippen LogP contribution in [0.15, 0.2) is 24.3 Å². The molecular weight excluding hydrogens is 272 g/mol. The van der Waals surface area contributed by atoms with Crippen LogP contribution in [0.25, 0.3) is 0 Å². The SMILES string of the molecule is C[C@@H](CN)NC(=O)C1CC12CCCc1ccccc12.Cl. The Bertz CT molecular complexity index is 505. The molecule has 3 rings (SSSR count). The quantitative estimate of drug-likeness (QED) is 0.898. The lowest BCUT2D eigenvalue weighted by molar-refractivity contribution is -0.123. The van der Waals surface area contributed by atoms with E-state index < -0.39 is 0 Å². The first-order chi connectivity index (χ1) is 9.17. The highest BCUT2D eigenvalue weighted by Gasteiger charge is 2.60. The molecule has 0 aliphatic heterocycles. The van der Waals surface area contributed by atoms with Gasteiger partial charge in [-0.2, -0.15) is 0 Å². The van der Waals surface area contributed by atoms with Crippen LogP contribution in [0.1, 0.15) is 37.3 Å². The summed E-state index contributed by atoms with van der Waals surface area (Å²) in [6.45, 7) is 2.46. The summed E-state index contributed by atoms with van der Waals surface area (Å²) in [5, 5.41) is 3.03. The normalized spacial score (nSPS) is 28.2. The Balaban J connectivity index is 0.00000147. The topological polar surface area (TPSA) is 55.1 Å². The van der Waals surface area contributed by atoms with Gasteiger partial charge in [0, 0.05) is 23.9 Å². The monoisotopic (exact) mass is 294 g/mol. The van der Waals surface area contributed by atoms with Crippen molar-refractivity contribution in [1.29, 1.82) is 0 Å². The second-order valence-electron chi connectivity index (χ2n) is 6.07. The number of nitrogens with one attached hydrogen (secondary N) is 1. The number of fused-ring (bicyclic) bond motifs is 2. The molecule has 1 fully saturated rings. The minimum atomic E-state index is 0. The molecule has 110 valence electrons. The molecule has 1 aromatic carbocycles. The fourth-order valence-corrected chi connectivity index (χ4v) is 3.58.